The smallest absolute Gasteiger partial charge is 0.0640 e. The van der Waals surface area contributed by atoms with Gasteiger partial charge in [-0.15, -0.1) is 0 Å². The average Bonchev–Trinajstić information content (AvgIpc) is 2.81. The fourth-order valence-electron chi connectivity index (χ4n) is 3.55. The van der Waals surface area contributed by atoms with Gasteiger partial charge in [0.2, 0.25) is 0 Å². The molecule has 1 aliphatic carbocycles. The van der Waals surface area contributed by atoms with Crippen LogP contribution < -0.4 is 11.3 Å². The Bertz CT molecular complexity index is 410. The van der Waals surface area contributed by atoms with Crippen LogP contribution in [0.5, 0.6) is 0 Å². The van der Waals surface area contributed by atoms with E-state index in [2.05, 4.69) is 37.4 Å². The van der Waals surface area contributed by atoms with Crippen molar-refractivity contribution in [2.45, 2.75) is 58.9 Å². The number of nitrogens with zero attached hydrogens (tertiary/aromatic N) is 2. The maximum Gasteiger partial charge on any atom is 0.0640 e. The maximum absolute atomic E-state index is 5.79. The molecule has 0 bridgehead atoms. The van der Waals surface area contributed by atoms with Crippen molar-refractivity contribution in [2.24, 2.45) is 30.1 Å². The van der Waals surface area contributed by atoms with Crippen molar-refractivity contribution in [1.82, 2.24) is 15.2 Å². The minimum absolute atomic E-state index is 0.353. The lowest BCUT2D eigenvalue weighted by Crippen LogP contribution is -2.44. The topological polar surface area (TPSA) is 55.9 Å². The van der Waals surface area contributed by atoms with Crippen LogP contribution in [0.1, 0.15) is 52.1 Å². The van der Waals surface area contributed by atoms with Gasteiger partial charge in [-0.1, -0.05) is 20.8 Å². The van der Waals surface area contributed by atoms with E-state index in [1.54, 1.807) is 0 Å². The minimum Gasteiger partial charge on any atom is -0.276 e. The molecule has 1 saturated carbocycles. The summed E-state index contributed by atoms with van der Waals surface area (Å²) in [5.74, 6) is 7.33. The van der Waals surface area contributed by atoms with Crippen molar-refractivity contribution in [3.8, 4) is 0 Å². The lowest BCUT2D eigenvalue weighted by atomic mass is 9.68. The number of aryl methyl sites for hydroxylation is 1. The van der Waals surface area contributed by atoms with Gasteiger partial charge in [0, 0.05) is 25.7 Å². The third-order valence-electron chi connectivity index (χ3n) is 4.98. The zero-order valence-corrected chi connectivity index (χ0v) is 13.4. The summed E-state index contributed by atoms with van der Waals surface area (Å²) < 4.78 is 1.86. The molecule has 1 atom stereocenters. The standard InChI is InChI=1S/C16H30N4/c1-16(2,3)13-7-5-12(6-8-13)15(18-17)11-14-9-10-20(4)19-14/h9-10,12-13,15,18H,5-8,11,17H2,1-4H3. The molecular weight excluding hydrogens is 248 g/mol. The van der Waals surface area contributed by atoms with E-state index in [9.17, 15) is 0 Å². The van der Waals surface area contributed by atoms with Crippen LogP contribution in [0.3, 0.4) is 0 Å². The van der Waals surface area contributed by atoms with Gasteiger partial charge in [0.05, 0.1) is 5.69 Å². The van der Waals surface area contributed by atoms with Crippen molar-refractivity contribution in [3.05, 3.63) is 18.0 Å². The Kier molecular flexibility index (Phi) is 4.86. The van der Waals surface area contributed by atoms with E-state index < -0.39 is 0 Å². The molecule has 114 valence electrons. The monoisotopic (exact) mass is 278 g/mol. The number of nitrogens with one attached hydrogen (secondary N) is 1. The van der Waals surface area contributed by atoms with Crippen LogP contribution in [-0.4, -0.2) is 15.8 Å². The van der Waals surface area contributed by atoms with Crippen LogP contribution in [0.25, 0.3) is 0 Å². The molecule has 1 aliphatic rings. The Morgan fingerprint density at radius 3 is 2.45 bits per heavy atom. The number of nitrogens with two attached hydrogens (primary N) is 1. The fraction of sp³-hybridized carbons (Fsp3) is 0.812. The van der Waals surface area contributed by atoms with E-state index in [1.165, 1.54) is 25.7 Å². The van der Waals surface area contributed by atoms with Crippen LogP contribution >= 0.6 is 0 Å². The zero-order chi connectivity index (χ0) is 14.8. The number of hydrazine groups is 1. The van der Waals surface area contributed by atoms with Crippen molar-refractivity contribution >= 4 is 0 Å². The molecule has 0 amide bonds. The molecular formula is C16H30N4. The molecule has 1 fully saturated rings. The van der Waals surface area contributed by atoms with Crippen molar-refractivity contribution in [2.75, 3.05) is 0 Å². The van der Waals surface area contributed by atoms with Gasteiger partial charge >= 0.3 is 0 Å². The molecule has 0 radical (unpaired) electrons. The van der Waals surface area contributed by atoms with Crippen molar-refractivity contribution in [3.63, 3.8) is 0 Å². The van der Waals surface area contributed by atoms with Crippen molar-refractivity contribution < 1.29 is 0 Å². The molecule has 4 heteroatoms. The summed E-state index contributed by atoms with van der Waals surface area (Å²) in [6.45, 7) is 7.10. The second kappa shape index (κ2) is 6.27. The summed E-state index contributed by atoms with van der Waals surface area (Å²) in [7, 11) is 1.96. The molecule has 1 aromatic heterocycles. The molecule has 20 heavy (non-hydrogen) atoms. The van der Waals surface area contributed by atoms with Crippen LogP contribution in [0.2, 0.25) is 0 Å². The number of aromatic nitrogens is 2. The molecule has 1 aromatic rings. The van der Waals surface area contributed by atoms with Crippen LogP contribution in [0.4, 0.5) is 0 Å². The summed E-state index contributed by atoms with van der Waals surface area (Å²) in [5, 5.41) is 4.47. The lowest BCUT2D eigenvalue weighted by molar-refractivity contribution is 0.132. The highest BCUT2D eigenvalue weighted by atomic mass is 15.3. The Morgan fingerprint density at radius 1 is 1.35 bits per heavy atom. The summed E-state index contributed by atoms with van der Waals surface area (Å²) in [5.41, 5.74) is 4.61. The Balaban J connectivity index is 1.90. The normalized spacial score (nSPS) is 25.6. The van der Waals surface area contributed by atoms with E-state index >= 15 is 0 Å². The first-order valence-electron chi connectivity index (χ1n) is 7.85. The maximum atomic E-state index is 5.79. The van der Waals surface area contributed by atoms with Gasteiger partial charge in [0.1, 0.15) is 0 Å². The predicted molar refractivity (Wildman–Crippen MR) is 82.9 cm³/mol. The Morgan fingerprint density at radius 2 is 2.00 bits per heavy atom. The summed E-state index contributed by atoms with van der Waals surface area (Å²) in [6, 6.07) is 2.44. The quantitative estimate of drug-likeness (QED) is 0.657. The van der Waals surface area contributed by atoms with Crippen molar-refractivity contribution in [1.29, 1.82) is 0 Å². The van der Waals surface area contributed by atoms with Crippen LogP contribution in [-0.2, 0) is 13.5 Å². The average molecular weight is 278 g/mol. The van der Waals surface area contributed by atoms with E-state index in [4.69, 9.17) is 5.84 Å². The molecule has 3 N–H and O–H groups in total. The van der Waals surface area contributed by atoms with Crippen LogP contribution in [0.15, 0.2) is 12.3 Å². The first-order valence-corrected chi connectivity index (χ1v) is 7.85. The first kappa shape index (κ1) is 15.5. The van der Waals surface area contributed by atoms with E-state index in [1.807, 2.05) is 17.9 Å². The third-order valence-corrected chi connectivity index (χ3v) is 4.98. The van der Waals surface area contributed by atoms with Gasteiger partial charge in [-0.25, -0.2) is 0 Å². The molecule has 1 heterocycles. The third kappa shape index (κ3) is 3.83. The zero-order valence-electron chi connectivity index (χ0n) is 13.4. The fourth-order valence-corrected chi connectivity index (χ4v) is 3.55. The largest absolute Gasteiger partial charge is 0.276 e. The molecule has 2 rings (SSSR count). The lowest BCUT2D eigenvalue weighted by Gasteiger charge is -2.39. The Hall–Kier alpha value is -0.870. The number of hydrogen-bond donors (Lipinski definition) is 2. The molecule has 1 unspecified atom stereocenters. The first-order chi connectivity index (χ1) is 9.40. The highest BCUT2D eigenvalue weighted by Gasteiger charge is 2.32. The van der Waals surface area contributed by atoms with Gasteiger partial charge in [-0.3, -0.25) is 16.0 Å². The molecule has 4 nitrogen and oxygen atoms in total. The van der Waals surface area contributed by atoms with Gasteiger partial charge < -0.3 is 0 Å². The highest BCUT2D eigenvalue weighted by molar-refractivity contribution is 5.02. The summed E-state index contributed by atoms with van der Waals surface area (Å²) in [6.07, 6.45) is 8.15. The Labute approximate surface area is 123 Å². The van der Waals surface area contributed by atoms with Gasteiger partial charge in [0.25, 0.3) is 0 Å². The highest BCUT2D eigenvalue weighted by Crippen LogP contribution is 2.40. The van der Waals surface area contributed by atoms with Gasteiger partial charge in [0.15, 0.2) is 0 Å². The van der Waals surface area contributed by atoms with Gasteiger partial charge in [-0.2, -0.15) is 5.10 Å². The molecule has 0 spiro atoms. The minimum atomic E-state index is 0.353. The summed E-state index contributed by atoms with van der Waals surface area (Å²) in [4.78, 5) is 0. The summed E-state index contributed by atoms with van der Waals surface area (Å²) >= 11 is 0. The van der Waals surface area contributed by atoms with Crippen LogP contribution in [0, 0.1) is 17.3 Å². The SMILES string of the molecule is Cn1ccc(CC(NN)C2CCC(C(C)(C)C)CC2)n1. The molecule has 0 aromatic carbocycles. The number of rotatable bonds is 4. The second-order valence-electron chi connectivity index (χ2n) is 7.44. The van der Waals surface area contributed by atoms with E-state index in [-0.39, 0.29) is 0 Å². The van der Waals surface area contributed by atoms with E-state index in [0.717, 1.165) is 18.0 Å². The molecule has 0 aliphatic heterocycles. The van der Waals surface area contributed by atoms with E-state index in [0.29, 0.717) is 17.4 Å². The van der Waals surface area contributed by atoms with Gasteiger partial charge in [-0.05, 0) is 49.0 Å². The predicted octanol–water partition coefficient (Wildman–Crippen LogP) is 2.65. The molecule has 0 saturated heterocycles. The number of hydrogen-bond acceptors (Lipinski definition) is 3. The second-order valence-corrected chi connectivity index (χ2v) is 7.44.